The number of nitrogens with two attached hydrogens (primary N) is 1. The van der Waals surface area contributed by atoms with E-state index in [1.165, 1.54) is 0 Å². The normalized spacial score (nSPS) is 20.1. The van der Waals surface area contributed by atoms with Crippen molar-refractivity contribution in [3.63, 3.8) is 0 Å². The average Bonchev–Trinajstić information content (AvgIpc) is 2.92. The SMILES string of the molecule is CCOC(=O)C(N)C(=O)N1CCCC(c2nncn2C)C1. The van der Waals surface area contributed by atoms with Crippen LogP contribution in [-0.4, -0.2) is 57.3 Å². The fourth-order valence-corrected chi connectivity index (χ4v) is 2.58. The lowest BCUT2D eigenvalue weighted by atomic mass is 9.96. The van der Waals surface area contributed by atoms with E-state index >= 15 is 0 Å². The molecule has 0 saturated carbocycles. The number of carbonyl (C=O) groups excluding carboxylic acids is 2. The van der Waals surface area contributed by atoms with Crippen LogP contribution in [0.15, 0.2) is 6.33 Å². The summed E-state index contributed by atoms with van der Waals surface area (Å²) in [7, 11) is 1.88. The van der Waals surface area contributed by atoms with Gasteiger partial charge in [0.1, 0.15) is 12.2 Å². The number of nitrogens with zero attached hydrogens (tertiary/aromatic N) is 4. The molecule has 2 unspecified atom stereocenters. The maximum atomic E-state index is 12.3. The third kappa shape index (κ3) is 3.38. The first-order chi connectivity index (χ1) is 10.0. The summed E-state index contributed by atoms with van der Waals surface area (Å²) in [5.74, 6) is -0.106. The highest BCUT2D eigenvalue weighted by Crippen LogP contribution is 2.25. The molecule has 2 N–H and O–H groups in total. The van der Waals surface area contributed by atoms with Gasteiger partial charge in [-0.15, -0.1) is 10.2 Å². The van der Waals surface area contributed by atoms with Gasteiger partial charge in [0.25, 0.3) is 5.91 Å². The highest BCUT2D eigenvalue weighted by molar-refractivity contribution is 6.01. The van der Waals surface area contributed by atoms with Crippen LogP contribution in [-0.2, 0) is 21.4 Å². The molecule has 1 aliphatic rings. The van der Waals surface area contributed by atoms with Gasteiger partial charge in [0.2, 0.25) is 0 Å². The lowest BCUT2D eigenvalue weighted by Gasteiger charge is -2.33. The zero-order valence-electron chi connectivity index (χ0n) is 12.4. The number of amides is 1. The van der Waals surface area contributed by atoms with E-state index in [1.54, 1.807) is 18.2 Å². The molecule has 2 heterocycles. The van der Waals surface area contributed by atoms with Crippen molar-refractivity contribution >= 4 is 11.9 Å². The Labute approximate surface area is 123 Å². The van der Waals surface area contributed by atoms with E-state index in [0.29, 0.717) is 13.1 Å². The third-order valence-corrected chi connectivity index (χ3v) is 3.65. The van der Waals surface area contributed by atoms with Crippen LogP contribution in [0.3, 0.4) is 0 Å². The molecule has 116 valence electrons. The van der Waals surface area contributed by atoms with Gasteiger partial charge >= 0.3 is 5.97 Å². The molecule has 1 amide bonds. The lowest BCUT2D eigenvalue weighted by Crippen LogP contribution is -2.51. The third-order valence-electron chi connectivity index (χ3n) is 3.65. The van der Waals surface area contributed by atoms with Crippen molar-refractivity contribution in [2.24, 2.45) is 12.8 Å². The molecule has 1 aromatic heterocycles. The summed E-state index contributed by atoms with van der Waals surface area (Å²) in [5, 5.41) is 7.96. The first-order valence-electron chi connectivity index (χ1n) is 7.09. The Morgan fingerprint density at radius 1 is 1.57 bits per heavy atom. The van der Waals surface area contributed by atoms with Crippen molar-refractivity contribution in [2.45, 2.75) is 31.7 Å². The summed E-state index contributed by atoms with van der Waals surface area (Å²) >= 11 is 0. The summed E-state index contributed by atoms with van der Waals surface area (Å²) in [6.45, 7) is 2.99. The van der Waals surface area contributed by atoms with Crippen molar-refractivity contribution in [3.05, 3.63) is 12.2 Å². The number of aromatic nitrogens is 3. The van der Waals surface area contributed by atoms with Crippen LogP contribution < -0.4 is 5.73 Å². The number of ether oxygens (including phenoxy) is 1. The van der Waals surface area contributed by atoms with Crippen LogP contribution in [0.4, 0.5) is 0 Å². The highest BCUT2D eigenvalue weighted by Gasteiger charge is 2.33. The number of likely N-dealkylation sites (tertiary alicyclic amines) is 1. The average molecular weight is 295 g/mol. The Morgan fingerprint density at radius 3 is 2.95 bits per heavy atom. The van der Waals surface area contributed by atoms with Crippen LogP contribution in [0.1, 0.15) is 31.5 Å². The summed E-state index contributed by atoms with van der Waals surface area (Å²) in [6, 6.07) is -1.25. The van der Waals surface area contributed by atoms with E-state index in [2.05, 4.69) is 10.2 Å². The van der Waals surface area contributed by atoms with Gasteiger partial charge in [0, 0.05) is 26.1 Å². The van der Waals surface area contributed by atoms with Crippen molar-refractivity contribution in [1.29, 1.82) is 0 Å². The number of aryl methyl sites for hydroxylation is 1. The fourth-order valence-electron chi connectivity index (χ4n) is 2.58. The van der Waals surface area contributed by atoms with E-state index in [0.717, 1.165) is 18.7 Å². The topological polar surface area (TPSA) is 103 Å². The van der Waals surface area contributed by atoms with E-state index in [1.807, 2.05) is 11.6 Å². The molecular formula is C13H21N5O3. The second-order valence-electron chi connectivity index (χ2n) is 5.15. The molecule has 0 aromatic carbocycles. The minimum Gasteiger partial charge on any atom is -0.464 e. The first-order valence-corrected chi connectivity index (χ1v) is 7.09. The van der Waals surface area contributed by atoms with Crippen molar-refractivity contribution in [1.82, 2.24) is 19.7 Å². The summed E-state index contributed by atoms with van der Waals surface area (Å²) < 4.78 is 6.65. The first kappa shape index (κ1) is 15.4. The molecule has 0 spiro atoms. The number of hydrogen-bond donors (Lipinski definition) is 1. The van der Waals surface area contributed by atoms with Crippen LogP contribution in [0.2, 0.25) is 0 Å². The minimum atomic E-state index is -1.25. The maximum Gasteiger partial charge on any atom is 0.332 e. The molecule has 0 bridgehead atoms. The quantitative estimate of drug-likeness (QED) is 0.588. The zero-order chi connectivity index (χ0) is 15.4. The van der Waals surface area contributed by atoms with Crippen LogP contribution in [0.5, 0.6) is 0 Å². The smallest absolute Gasteiger partial charge is 0.332 e. The predicted molar refractivity (Wildman–Crippen MR) is 74.2 cm³/mol. The van der Waals surface area contributed by atoms with E-state index < -0.39 is 12.0 Å². The molecule has 8 nitrogen and oxygen atoms in total. The van der Waals surface area contributed by atoms with E-state index in [9.17, 15) is 9.59 Å². The Morgan fingerprint density at radius 2 is 2.33 bits per heavy atom. The summed E-state index contributed by atoms with van der Waals surface area (Å²) in [5.41, 5.74) is 5.67. The second-order valence-corrected chi connectivity index (χ2v) is 5.15. The van der Waals surface area contributed by atoms with Crippen molar-refractivity contribution in [2.75, 3.05) is 19.7 Å². The van der Waals surface area contributed by atoms with Gasteiger partial charge in [-0.1, -0.05) is 0 Å². The molecule has 0 aliphatic carbocycles. The van der Waals surface area contributed by atoms with Gasteiger partial charge in [0.15, 0.2) is 6.04 Å². The Kier molecular flexibility index (Phi) is 4.89. The molecule has 1 aliphatic heterocycles. The van der Waals surface area contributed by atoms with Gasteiger partial charge in [-0.25, -0.2) is 4.79 Å². The molecule has 2 rings (SSSR count). The molecule has 1 aromatic rings. The molecule has 8 heteroatoms. The standard InChI is InChI=1S/C13H21N5O3/c1-3-21-13(20)10(14)12(19)18-6-4-5-9(7-18)11-16-15-8-17(11)2/h8-10H,3-7,14H2,1-2H3. The minimum absolute atomic E-state index is 0.115. The number of carbonyl (C=O) groups is 2. The van der Waals surface area contributed by atoms with Gasteiger partial charge in [-0.3, -0.25) is 4.79 Å². The predicted octanol–water partition coefficient (Wildman–Crippen LogP) is -0.588. The van der Waals surface area contributed by atoms with Crippen LogP contribution in [0.25, 0.3) is 0 Å². The zero-order valence-corrected chi connectivity index (χ0v) is 12.4. The molecule has 21 heavy (non-hydrogen) atoms. The van der Waals surface area contributed by atoms with Crippen LogP contribution >= 0.6 is 0 Å². The molecule has 0 radical (unpaired) electrons. The van der Waals surface area contributed by atoms with Gasteiger partial charge in [-0.2, -0.15) is 0 Å². The maximum absolute atomic E-state index is 12.3. The molecule has 1 fully saturated rings. The number of esters is 1. The molecule has 2 atom stereocenters. The number of hydrogen-bond acceptors (Lipinski definition) is 6. The lowest BCUT2D eigenvalue weighted by molar-refractivity contribution is -0.151. The highest BCUT2D eigenvalue weighted by atomic mass is 16.5. The van der Waals surface area contributed by atoms with E-state index in [4.69, 9.17) is 10.5 Å². The van der Waals surface area contributed by atoms with E-state index in [-0.39, 0.29) is 18.4 Å². The fraction of sp³-hybridized carbons (Fsp3) is 0.692. The van der Waals surface area contributed by atoms with Gasteiger partial charge in [-0.05, 0) is 19.8 Å². The van der Waals surface area contributed by atoms with Gasteiger partial charge < -0.3 is 19.9 Å². The molecular weight excluding hydrogens is 274 g/mol. The van der Waals surface area contributed by atoms with Crippen molar-refractivity contribution < 1.29 is 14.3 Å². The van der Waals surface area contributed by atoms with Gasteiger partial charge in [0.05, 0.1) is 6.61 Å². The second kappa shape index (κ2) is 6.66. The molecule has 1 saturated heterocycles. The monoisotopic (exact) mass is 295 g/mol. The summed E-state index contributed by atoms with van der Waals surface area (Å²) in [4.78, 5) is 25.5. The number of rotatable bonds is 4. The largest absolute Gasteiger partial charge is 0.464 e. The van der Waals surface area contributed by atoms with Crippen LogP contribution in [0, 0.1) is 0 Å². The summed E-state index contributed by atoms with van der Waals surface area (Å²) in [6.07, 6.45) is 3.42. The van der Waals surface area contributed by atoms with Crippen molar-refractivity contribution in [3.8, 4) is 0 Å². The Hall–Kier alpha value is -1.96. The Bertz CT molecular complexity index is 516. The number of piperidine rings is 1. The Balaban J connectivity index is 2.02.